The van der Waals surface area contributed by atoms with Gasteiger partial charge in [0.1, 0.15) is 11.7 Å². The van der Waals surface area contributed by atoms with Gasteiger partial charge in [0, 0.05) is 5.38 Å². The maximum Gasteiger partial charge on any atom is 0.418 e. The van der Waals surface area contributed by atoms with Crippen molar-refractivity contribution in [2.45, 2.75) is 31.5 Å². The minimum absolute atomic E-state index is 0.0433. The molecule has 0 bridgehead atoms. The van der Waals surface area contributed by atoms with E-state index in [0.717, 1.165) is 11.3 Å². The molecule has 1 aromatic heterocycles. The second-order valence-electron chi connectivity index (χ2n) is 9.33. The molecule has 0 aliphatic carbocycles. The highest BCUT2D eigenvalue weighted by molar-refractivity contribution is 7.80. The SMILES string of the molecule is C=C(O/N=C(/C(=O)NC1C(=O)N(OS(=O)(=O)O)C1(C)C)c1csc(N)n1)C(=O)OC(c1ccccc1)c1ccccc1. The maximum absolute atomic E-state index is 13.2. The van der Waals surface area contributed by atoms with Crippen LogP contribution in [0.1, 0.15) is 36.8 Å². The van der Waals surface area contributed by atoms with Crippen LogP contribution in [0.3, 0.4) is 0 Å². The summed E-state index contributed by atoms with van der Waals surface area (Å²) in [5, 5.41) is 8.01. The third kappa shape index (κ3) is 6.80. The van der Waals surface area contributed by atoms with Crippen molar-refractivity contribution in [1.82, 2.24) is 15.4 Å². The summed E-state index contributed by atoms with van der Waals surface area (Å²) in [6, 6.07) is 16.7. The minimum Gasteiger partial charge on any atom is -0.447 e. The number of aromatic nitrogens is 1. The standard InChI is InChI=1S/C26H25N5O9S2/c1-15(24(34)38-20(16-10-6-4-7-11-16)17-12-8-5-9-13-17)39-30-19(18-14-41-25(27)28-18)22(32)29-21-23(33)31(26(21,2)3)40-42(35,36)37/h4-14,20-21H,1H2,2-3H3,(H2,27,28)(H,29,32)(H,35,36,37)/b30-19+. The van der Waals surface area contributed by atoms with Gasteiger partial charge < -0.3 is 20.6 Å². The third-order valence-electron chi connectivity index (χ3n) is 6.01. The first-order chi connectivity index (χ1) is 19.8. The monoisotopic (exact) mass is 615 g/mol. The second-order valence-corrected chi connectivity index (χ2v) is 11.2. The number of nitrogens with one attached hydrogen (secondary N) is 1. The number of oxime groups is 1. The molecule has 2 amide bonds. The quantitative estimate of drug-likeness (QED) is 0.0543. The lowest BCUT2D eigenvalue weighted by Gasteiger charge is -2.50. The first-order valence-corrected chi connectivity index (χ1v) is 14.3. The van der Waals surface area contributed by atoms with Crippen LogP contribution >= 0.6 is 11.3 Å². The van der Waals surface area contributed by atoms with Gasteiger partial charge in [-0.25, -0.2) is 9.78 Å². The van der Waals surface area contributed by atoms with E-state index < -0.39 is 57.3 Å². The topological polar surface area (TPSA) is 200 Å². The Morgan fingerprint density at radius 1 is 1.14 bits per heavy atom. The molecule has 3 aromatic rings. The Kier molecular flexibility index (Phi) is 8.72. The number of thiazole rings is 1. The predicted octanol–water partition coefficient (Wildman–Crippen LogP) is 2.13. The number of hydrogen-bond acceptors (Lipinski definition) is 12. The molecule has 4 rings (SSSR count). The van der Waals surface area contributed by atoms with E-state index in [1.165, 1.54) is 19.2 Å². The summed E-state index contributed by atoms with van der Waals surface area (Å²) in [4.78, 5) is 47.8. The van der Waals surface area contributed by atoms with E-state index in [4.69, 9.17) is 19.9 Å². The molecule has 0 spiro atoms. The molecular weight excluding hydrogens is 590 g/mol. The molecular formula is C26H25N5O9S2. The third-order valence-corrected chi connectivity index (χ3v) is 7.02. The van der Waals surface area contributed by atoms with E-state index in [9.17, 15) is 22.8 Å². The van der Waals surface area contributed by atoms with Gasteiger partial charge in [0.05, 0.1) is 5.54 Å². The van der Waals surface area contributed by atoms with Gasteiger partial charge in [-0.05, 0) is 31.6 Å². The number of hydroxylamine groups is 2. The summed E-state index contributed by atoms with van der Waals surface area (Å²) in [6.07, 6.45) is -0.801. The Labute approximate surface area is 244 Å². The van der Waals surface area contributed by atoms with Crippen molar-refractivity contribution in [3.63, 3.8) is 0 Å². The van der Waals surface area contributed by atoms with Crippen molar-refractivity contribution < 1.29 is 41.2 Å². The largest absolute Gasteiger partial charge is 0.447 e. The fourth-order valence-electron chi connectivity index (χ4n) is 3.92. The number of benzene rings is 2. The first kappa shape index (κ1) is 30.3. The van der Waals surface area contributed by atoms with Crippen LogP contribution in [0.5, 0.6) is 0 Å². The van der Waals surface area contributed by atoms with Crippen molar-refractivity contribution in [1.29, 1.82) is 0 Å². The van der Waals surface area contributed by atoms with Gasteiger partial charge in [-0.15, -0.1) is 15.6 Å². The Bertz CT molecular complexity index is 1600. The highest BCUT2D eigenvalue weighted by Crippen LogP contribution is 2.33. The lowest BCUT2D eigenvalue weighted by atomic mass is 9.84. The van der Waals surface area contributed by atoms with Gasteiger partial charge >= 0.3 is 16.4 Å². The summed E-state index contributed by atoms with van der Waals surface area (Å²) in [6.45, 7) is 6.32. The van der Waals surface area contributed by atoms with Gasteiger partial charge in [-0.3, -0.25) is 14.1 Å². The number of esters is 1. The normalized spacial score (nSPS) is 16.5. The zero-order valence-electron chi connectivity index (χ0n) is 22.2. The second kappa shape index (κ2) is 12.1. The van der Waals surface area contributed by atoms with Crippen molar-refractivity contribution in [2.75, 3.05) is 5.73 Å². The lowest BCUT2D eigenvalue weighted by Crippen LogP contribution is -2.76. The molecule has 16 heteroatoms. The van der Waals surface area contributed by atoms with Gasteiger partial charge in [-0.1, -0.05) is 65.8 Å². The molecule has 1 saturated heterocycles. The van der Waals surface area contributed by atoms with Crippen LogP contribution < -0.4 is 11.1 Å². The van der Waals surface area contributed by atoms with Crippen molar-refractivity contribution >= 4 is 50.4 Å². The molecule has 2 aromatic carbocycles. The number of hydrogen-bond donors (Lipinski definition) is 3. The van der Waals surface area contributed by atoms with E-state index in [0.29, 0.717) is 16.2 Å². The minimum atomic E-state index is -4.99. The van der Waals surface area contributed by atoms with Gasteiger partial charge in [0.2, 0.25) is 5.76 Å². The highest BCUT2D eigenvalue weighted by atomic mass is 32.3. The fourth-order valence-corrected chi connectivity index (χ4v) is 4.92. The first-order valence-electron chi connectivity index (χ1n) is 12.1. The van der Waals surface area contributed by atoms with E-state index in [-0.39, 0.29) is 10.8 Å². The van der Waals surface area contributed by atoms with Crippen molar-refractivity contribution in [3.05, 3.63) is 95.2 Å². The molecule has 1 unspecified atom stereocenters. The van der Waals surface area contributed by atoms with E-state index >= 15 is 0 Å². The number of carbonyl (C=O) groups excluding carboxylic acids is 3. The van der Waals surface area contributed by atoms with Gasteiger partial charge in [0.25, 0.3) is 11.8 Å². The Morgan fingerprint density at radius 2 is 1.71 bits per heavy atom. The Morgan fingerprint density at radius 3 is 2.19 bits per heavy atom. The van der Waals surface area contributed by atoms with Crippen molar-refractivity contribution in [2.24, 2.45) is 5.16 Å². The van der Waals surface area contributed by atoms with Crippen LogP contribution in [-0.2, 0) is 38.6 Å². The van der Waals surface area contributed by atoms with Gasteiger partial charge in [-0.2, -0.15) is 13.5 Å². The van der Waals surface area contributed by atoms with Crippen LogP contribution in [0.4, 0.5) is 5.13 Å². The van der Waals surface area contributed by atoms with E-state index in [2.05, 4.69) is 26.3 Å². The number of nitrogens with zero attached hydrogens (tertiary/aromatic N) is 3. The number of nitrogens with two attached hydrogens (primary N) is 1. The smallest absolute Gasteiger partial charge is 0.418 e. The molecule has 0 saturated carbocycles. The molecule has 1 atom stereocenters. The molecule has 220 valence electrons. The number of rotatable bonds is 11. The summed E-state index contributed by atoms with van der Waals surface area (Å²) < 4.78 is 41.0. The predicted molar refractivity (Wildman–Crippen MR) is 150 cm³/mol. The molecule has 1 aliphatic heterocycles. The number of amides is 2. The Hall–Kier alpha value is -4.64. The van der Waals surface area contributed by atoms with Crippen LogP contribution in [0.25, 0.3) is 0 Å². The number of ether oxygens (including phenoxy) is 1. The van der Waals surface area contributed by atoms with Crippen LogP contribution in [0.15, 0.2) is 83.5 Å². The molecule has 1 aliphatic rings. The Balaban J connectivity index is 1.52. The maximum atomic E-state index is 13.2. The summed E-state index contributed by atoms with van der Waals surface area (Å²) in [5.41, 5.74) is 5.16. The lowest BCUT2D eigenvalue weighted by molar-refractivity contribution is -0.218. The van der Waals surface area contributed by atoms with Crippen molar-refractivity contribution in [3.8, 4) is 0 Å². The highest BCUT2D eigenvalue weighted by Gasteiger charge is 2.58. The van der Waals surface area contributed by atoms with E-state index in [1.54, 1.807) is 48.5 Å². The van der Waals surface area contributed by atoms with Crippen LogP contribution in [-0.4, -0.2) is 58.1 Å². The average Bonchev–Trinajstić information content (AvgIpc) is 3.39. The molecule has 0 radical (unpaired) electrons. The molecule has 42 heavy (non-hydrogen) atoms. The fraction of sp³-hybridized carbons (Fsp3) is 0.192. The summed E-state index contributed by atoms with van der Waals surface area (Å²) in [5.74, 6) is -3.48. The number of carbonyl (C=O) groups is 3. The average molecular weight is 616 g/mol. The zero-order valence-corrected chi connectivity index (χ0v) is 23.8. The number of nitrogen functional groups attached to an aromatic ring is 1. The molecule has 1 fully saturated rings. The van der Waals surface area contributed by atoms with E-state index in [1.807, 2.05) is 12.1 Å². The molecule has 14 nitrogen and oxygen atoms in total. The summed E-state index contributed by atoms with van der Waals surface area (Å²) in [7, 11) is -4.99. The number of anilines is 1. The molecule has 4 N–H and O–H groups in total. The summed E-state index contributed by atoms with van der Waals surface area (Å²) >= 11 is 0.987. The van der Waals surface area contributed by atoms with Crippen LogP contribution in [0.2, 0.25) is 0 Å². The zero-order chi connectivity index (χ0) is 30.7. The molecule has 2 heterocycles. The van der Waals surface area contributed by atoms with Gasteiger partial charge in [0.15, 0.2) is 16.9 Å². The van der Waals surface area contributed by atoms with Crippen LogP contribution in [0, 0.1) is 0 Å². The number of β-lactam (4-membered cyclic amide) rings is 1.